The summed E-state index contributed by atoms with van der Waals surface area (Å²) in [6.45, 7) is 4.42. The van der Waals surface area contributed by atoms with Crippen LogP contribution in [0.15, 0.2) is 42.6 Å². The maximum Gasteiger partial charge on any atom is 0.319 e. The number of rotatable bonds is 6. The molecule has 2 atom stereocenters. The Kier molecular flexibility index (Phi) is 6.00. The summed E-state index contributed by atoms with van der Waals surface area (Å²) in [6.07, 6.45) is 8.65. The zero-order valence-electron chi connectivity index (χ0n) is 23.4. The van der Waals surface area contributed by atoms with Crippen LogP contribution in [-0.4, -0.2) is 77.4 Å². The van der Waals surface area contributed by atoms with Crippen LogP contribution in [0.4, 0.5) is 10.2 Å². The van der Waals surface area contributed by atoms with E-state index in [2.05, 4.69) is 15.1 Å². The Morgan fingerprint density at radius 2 is 1.78 bits per heavy atom. The molecule has 0 aliphatic carbocycles. The van der Waals surface area contributed by atoms with Crippen molar-refractivity contribution in [2.75, 3.05) is 44.8 Å². The van der Waals surface area contributed by atoms with Gasteiger partial charge in [0.1, 0.15) is 29.4 Å². The van der Waals surface area contributed by atoms with Crippen LogP contribution in [0.5, 0.6) is 11.8 Å². The summed E-state index contributed by atoms with van der Waals surface area (Å²) in [4.78, 5) is 19.2. The number of fused-ring (bicyclic) bond motifs is 5. The Labute approximate surface area is 238 Å². The topological polar surface area (TPSA) is 75.6 Å². The molecule has 4 saturated heterocycles. The molecule has 2 aromatic heterocycles. The maximum atomic E-state index is 16.7. The first-order valence-corrected chi connectivity index (χ1v) is 14.9. The number of hydrogen-bond donors (Lipinski definition) is 1. The molecule has 0 radical (unpaired) electrons. The molecule has 4 fully saturated rings. The van der Waals surface area contributed by atoms with Crippen LogP contribution in [0.25, 0.3) is 32.9 Å². The van der Waals surface area contributed by atoms with E-state index < -0.39 is 5.82 Å². The molecule has 1 unspecified atom stereocenters. The average Bonchev–Trinajstić information content (AvgIpc) is 3.69. The molecule has 1 N–H and O–H groups in total. The third kappa shape index (κ3) is 4.12. The molecule has 8 rings (SSSR count). The fourth-order valence-corrected chi connectivity index (χ4v) is 7.82. The molecule has 2 bridgehead atoms. The third-order valence-corrected chi connectivity index (χ3v) is 9.78. The quantitative estimate of drug-likeness (QED) is 0.359. The number of piperazine rings is 1. The molecule has 0 saturated carbocycles. The maximum absolute atomic E-state index is 16.7. The summed E-state index contributed by atoms with van der Waals surface area (Å²) in [6, 6.07) is 12.7. The van der Waals surface area contributed by atoms with E-state index in [4.69, 9.17) is 24.4 Å². The van der Waals surface area contributed by atoms with Gasteiger partial charge in [-0.2, -0.15) is 9.97 Å². The standard InChI is InChI=1S/C32H35FN6O2/c1-40-25-9-3-7-20-6-2-8-23(26(20)25)28-27(33)29-24(16-34-28)30(38-17-21-10-11-22(18-38)35-21)37-31(36-29)41-19-32-12-4-14-39(32)15-5-13-32/h2-3,6-9,16,21-22,35H,4-5,10-15,17-19H2,1H3/t21-,22?/m0/s1. The largest absolute Gasteiger partial charge is 0.496 e. The average molecular weight is 555 g/mol. The summed E-state index contributed by atoms with van der Waals surface area (Å²) < 4.78 is 28.7. The van der Waals surface area contributed by atoms with Crippen LogP contribution in [0.1, 0.15) is 38.5 Å². The van der Waals surface area contributed by atoms with Crippen LogP contribution in [0.3, 0.4) is 0 Å². The van der Waals surface area contributed by atoms with Gasteiger partial charge in [-0.1, -0.05) is 30.3 Å². The minimum atomic E-state index is -0.464. The van der Waals surface area contributed by atoms with Gasteiger partial charge in [0.15, 0.2) is 5.82 Å². The van der Waals surface area contributed by atoms with E-state index in [0.717, 1.165) is 62.6 Å². The molecule has 0 spiro atoms. The highest BCUT2D eigenvalue weighted by molar-refractivity contribution is 6.02. The highest BCUT2D eigenvalue weighted by atomic mass is 19.1. The highest BCUT2D eigenvalue weighted by Crippen LogP contribution is 2.41. The second kappa shape index (κ2) is 9.77. The molecular weight excluding hydrogens is 519 g/mol. The van der Waals surface area contributed by atoms with Gasteiger partial charge >= 0.3 is 6.01 Å². The van der Waals surface area contributed by atoms with Crippen molar-refractivity contribution in [3.05, 3.63) is 48.4 Å². The highest BCUT2D eigenvalue weighted by Gasteiger charge is 2.45. The van der Waals surface area contributed by atoms with Crippen LogP contribution in [-0.2, 0) is 0 Å². The minimum Gasteiger partial charge on any atom is -0.496 e. The summed E-state index contributed by atoms with van der Waals surface area (Å²) in [5.41, 5.74) is 1.22. The number of nitrogens with zero attached hydrogens (tertiary/aromatic N) is 5. The number of pyridine rings is 1. The molecule has 212 valence electrons. The van der Waals surface area contributed by atoms with Crippen LogP contribution in [0, 0.1) is 5.82 Å². The van der Waals surface area contributed by atoms with Gasteiger partial charge in [-0.05, 0) is 63.1 Å². The van der Waals surface area contributed by atoms with E-state index in [1.165, 1.54) is 12.8 Å². The number of halogens is 1. The Bertz CT molecular complexity index is 1620. The molecule has 2 aromatic carbocycles. The second-order valence-electron chi connectivity index (χ2n) is 12.1. The van der Waals surface area contributed by atoms with Crippen molar-refractivity contribution in [2.24, 2.45) is 0 Å². The predicted octanol–water partition coefficient (Wildman–Crippen LogP) is 4.94. The molecule has 8 nitrogen and oxygen atoms in total. The molecule has 4 aliphatic heterocycles. The third-order valence-electron chi connectivity index (χ3n) is 9.78. The molecule has 6 heterocycles. The molecular formula is C32H35FN6O2. The van der Waals surface area contributed by atoms with E-state index in [-0.39, 0.29) is 22.8 Å². The van der Waals surface area contributed by atoms with E-state index in [0.29, 0.717) is 41.2 Å². The first-order chi connectivity index (χ1) is 20.1. The number of hydrogen-bond acceptors (Lipinski definition) is 8. The summed E-state index contributed by atoms with van der Waals surface area (Å²) in [7, 11) is 1.63. The molecule has 0 amide bonds. The summed E-state index contributed by atoms with van der Waals surface area (Å²) in [5, 5.41) is 6.09. The Hall–Kier alpha value is -3.56. The number of methoxy groups -OCH3 is 1. The van der Waals surface area contributed by atoms with E-state index in [1.54, 1.807) is 13.3 Å². The summed E-state index contributed by atoms with van der Waals surface area (Å²) in [5.74, 6) is 0.929. The van der Waals surface area contributed by atoms with E-state index >= 15 is 4.39 Å². The Morgan fingerprint density at radius 1 is 1.02 bits per heavy atom. The van der Waals surface area contributed by atoms with Crippen molar-refractivity contribution < 1.29 is 13.9 Å². The van der Waals surface area contributed by atoms with Gasteiger partial charge in [0.2, 0.25) is 0 Å². The Morgan fingerprint density at radius 3 is 2.54 bits per heavy atom. The fraction of sp³-hybridized carbons (Fsp3) is 0.469. The molecule has 4 aromatic rings. The minimum absolute atomic E-state index is 0.0497. The number of aromatic nitrogens is 3. The lowest BCUT2D eigenvalue weighted by atomic mass is 9.95. The van der Waals surface area contributed by atoms with Crippen molar-refractivity contribution in [2.45, 2.75) is 56.1 Å². The van der Waals surface area contributed by atoms with E-state index in [1.807, 2.05) is 36.4 Å². The van der Waals surface area contributed by atoms with Crippen molar-refractivity contribution in [3.8, 4) is 23.0 Å². The normalized spacial score (nSPS) is 23.4. The predicted molar refractivity (Wildman–Crippen MR) is 157 cm³/mol. The lowest BCUT2D eigenvalue weighted by Crippen LogP contribution is -2.51. The van der Waals surface area contributed by atoms with Crippen LogP contribution >= 0.6 is 0 Å². The van der Waals surface area contributed by atoms with Crippen LogP contribution < -0.4 is 19.7 Å². The molecule has 41 heavy (non-hydrogen) atoms. The van der Waals surface area contributed by atoms with Gasteiger partial charge < -0.3 is 19.7 Å². The van der Waals surface area contributed by atoms with Gasteiger partial charge in [0.05, 0.1) is 18.0 Å². The lowest BCUT2D eigenvalue weighted by Gasteiger charge is -2.34. The summed E-state index contributed by atoms with van der Waals surface area (Å²) >= 11 is 0. The van der Waals surface area contributed by atoms with Crippen LogP contribution in [0.2, 0.25) is 0 Å². The van der Waals surface area contributed by atoms with Crippen molar-refractivity contribution in [1.82, 2.24) is 25.2 Å². The van der Waals surface area contributed by atoms with E-state index in [9.17, 15) is 0 Å². The van der Waals surface area contributed by atoms with Crippen molar-refractivity contribution in [1.29, 1.82) is 0 Å². The van der Waals surface area contributed by atoms with Crippen molar-refractivity contribution in [3.63, 3.8) is 0 Å². The second-order valence-corrected chi connectivity index (χ2v) is 12.1. The number of benzene rings is 2. The molecule has 4 aliphatic rings. The monoisotopic (exact) mass is 554 g/mol. The number of anilines is 1. The van der Waals surface area contributed by atoms with Gasteiger partial charge in [-0.15, -0.1) is 0 Å². The van der Waals surface area contributed by atoms with Gasteiger partial charge in [-0.25, -0.2) is 4.39 Å². The number of nitrogens with one attached hydrogen (secondary N) is 1. The Balaban J connectivity index is 1.26. The van der Waals surface area contributed by atoms with Crippen molar-refractivity contribution >= 4 is 27.5 Å². The zero-order valence-corrected chi connectivity index (χ0v) is 23.4. The van der Waals surface area contributed by atoms with Gasteiger partial charge in [-0.3, -0.25) is 9.88 Å². The van der Waals surface area contributed by atoms with Gasteiger partial charge in [0.25, 0.3) is 0 Å². The first kappa shape index (κ1) is 25.2. The molecule has 9 heteroatoms. The number of ether oxygens (including phenoxy) is 2. The smallest absolute Gasteiger partial charge is 0.319 e. The fourth-order valence-electron chi connectivity index (χ4n) is 7.82. The zero-order chi connectivity index (χ0) is 27.6. The SMILES string of the molecule is COc1cccc2cccc(-c3ncc4c(N5CC6CC[C@@H](C5)N6)nc(OCC56CCCN5CCC6)nc4c3F)c12. The lowest BCUT2D eigenvalue weighted by molar-refractivity contribution is 0.108. The van der Waals surface area contributed by atoms with Gasteiger partial charge in [0, 0.05) is 42.3 Å². The first-order valence-electron chi connectivity index (χ1n) is 14.9.